The van der Waals surface area contributed by atoms with Crippen molar-refractivity contribution in [1.29, 1.82) is 0 Å². The van der Waals surface area contributed by atoms with E-state index in [0.717, 1.165) is 10.0 Å². The van der Waals surface area contributed by atoms with Crippen molar-refractivity contribution >= 4 is 27.6 Å². The maximum Gasteiger partial charge on any atom is 0.225 e. The van der Waals surface area contributed by atoms with Crippen molar-refractivity contribution in [1.82, 2.24) is 5.16 Å². The number of hydrogen-bond acceptors (Lipinski definition) is 4. The Morgan fingerprint density at radius 2 is 1.83 bits per heavy atom. The number of rotatable bonds is 5. The van der Waals surface area contributed by atoms with Gasteiger partial charge in [-0.15, -0.1) is 0 Å². The van der Waals surface area contributed by atoms with Crippen molar-refractivity contribution in [3.8, 4) is 11.3 Å². The number of hydrogen-bond donors (Lipinski definition) is 1. The van der Waals surface area contributed by atoms with Crippen molar-refractivity contribution < 1.29 is 13.7 Å². The molecular formula is C17H12BrFN2O2. The monoisotopic (exact) mass is 374 g/mol. The average Bonchev–Trinajstić information content (AvgIpc) is 3.03. The topological polar surface area (TPSA) is 55.1 Å². The Bertz CT molecular complexity index is 813. The second kappa shape index (κ2) is 6.75. The summed E-state index contributed by atoms with van der Waals surface area (Å²) in [5, 5.41) is 6.84. The molecule has 2 aromatic carbocycles. The molecule has 0 aliphatic carbocycles. The molecule has 0 fully saturated rings. The van der Waals surface area contributed by atoms with Gasteiger partial charge in [-0.25, -0.2) is 4.39 Å². The molecule has 0 saturated heterocycles. The molecular weight excluding hydrogens is 363 g/mol. The fourth-order valence-corrected chi connectivity index (χ4v) is 2.28. The molecule has 3 aromatic rings. The number of halogens is 2. The summed E-state index contributed by atoms with van der Waals surface area (Å²) in [4.78, 5) is 12.0. The van der Waals surface area contributed by atoms with Gasteiger partial charge < -0.3 is 9.84 Å². The SMILES string of the molecule is O=C(CNc1cc(-c2ccc(Br)cc2)no1)c1ccc(F)cc1. The van der Waals surface area contributed by atoms with E-state index in [1.165, 1.54) is 24.3 Å². The van der Waals surface area contributed by atoms with Crippen LogP contribution in [0.25, 0.3) is 11.3 Å². The molecule has 23 heavy (non-hydrogen) atoms. The molecule has 0 unspecified atom stereocenters. The van der Waals surface area contributed by atoms with E-state index in [1.807, 2.05) is 24.3 Å². The standard InChI is InChI=1S/C17H12BrFN2O2/c18-13-5-1-11(2-6-13)15-9-17(23-21-15)20-10-16(22)12-3-7-14(19)8-4-12/h1-9,20H,10H2. The lowest BCUT2D eigenvalue weighted by Crippen LogP contribution is -2.13. The summed E-state index contributed by atoms with van der Waals surface area (Å²) in [5.41, 5.74) is 2.02. The van der Waals surface area contributed by atoms with E-state index in [-0.39, 0.29) is 18.1 Å². The van der Waals surface area contributed by atoms with Crippen molar-refractivity contribution in [2.75, 3.05) is 11.9 Å². The van der Waals surface area contributed by atoms with Crippen molar-refractivity contribution in [3.05, 3.63) is 70.5 Å². The van der Waals surface area contributed by atoms with Crippen molar-refractivity contribution in [2.24, 2.45) is 0 Å². The zero-order chi connectivity index (χ0) is 16.2. The number of carbonyl (C=O) groups is 1. The lowest BCUT2D eigenvalue weighted by molar-refractivity contribution is 0.101. The van der Waals surface area contributed by atoms with Gasteiger partial charge in [-0.1, -0.05) is 33.2 Å². The minimum absolute atomic E-state index is 0.0423. The number of anilines is 1. The van der Waals surface area contributed by atoms with Gasteiger partial charge in [-0.3, -0.25) is 4.79 Å². The van der Waals surface area contributed by atoms with Gasteiger partial charge in [-0.2, -0.15) is 0 Å². The molecule has 4 nitrogen and oxygen atoms in total. The molecule has 1 N–H and O–H groups in total. The normalized spacial score (nSPS) is 10.5. The number of nitrogens with one attached hydrogen (secondary N) is 1. The van der Waals surface area contributed by atoms with Crippen LogP contribution in [0.1, 0.15) is 10.4 Å². The lowest BCUT2D eigenvalue weighted by atomic mass is 10.1. The highest BCUT2D eigenvalue weighted by molar-refractivity contribution is 9.10. The first-order chi connectivity index (χ1) is 11.1. The third kappa shape index (κ3) is 3.84. The summed E-state index contributed by atoms with van der Waals surface area (Å²) in [5.74, 6) is -0.131. The van der Waals surface area contributed by atoms with Gasteiger partial charge in [0.15, 0.2) is 5.78 Å². The molecule has 0 bridgehead atoms. The summed E-state index contributed by atoms with van der Waals surface area (Å²) in [6, 6.07) is 14.8. The molecule has 3 rings (SSSR count). The van der Waals surface area contributed by atoms with Gasteiger partial charge in [0, 0.05) is 21.7 Å². The van der Waals surface area contributed by atoms with E-state index in [0.29, 0.717) is 17.1 Å². The minimum atomic E-state index is -0.371. The van der Waals surface area contributed by atoms with Crippen LogP contribution in [-0.4, -0.2) is 17.5 Å². The Hall–Kier alpha value is -2.47. The van der Waals surface area contributed by atoms with Gasteiger partial charge in [0.25, 0.3) is 0 Å². The Morgan fingerprint density at radius 1 is 1.13 bits per heavy atom. The number of benzene rings is 2. The van der Waals surface area contributed by atoms with Crippen LogP contribution < -0.4 is 5.32 Å². The smallest absolute Gasteiger partial charge is 0.225 e. The van der Waals surface area contributed by atoms with Gasteiger partial charge in [0.05, 0.1) is 6.54 Å². The van der Waals surface area contributed by atoms with E-state index in [4.69, 9.17) is 4.52 Å². The molecule has 0 amide bonds. The summed E-state index contributed by atoms with van der Waals surface area (Å²) < 4.78 is 19.0. The summed E-state index contributed by atoms with van der Waals surface area (Å²) >= 11 is 3.37. The van der Waals surface area contributed by atoms with Crippen LogP contribution in [0.5, 0.6) is 0 Å². The fraction of sp³-hybridized carbons (Fsp3) is 0.0588. The highest BCUT2D eigenvalue weighted by Crippen LogP contribution is 2.23. The maximum atomic E-state index is 12.8. The Balaban J connectivity index is 1.64. The first-order valence-electron chi connectivity index (χ1n) is 6.87. The molecule has 1 aromatic heterocycles. The average molecular weight is 375 g/mol. The highest BCUT2D eigenvalue weighted by Gasteiger charge is 2.09. The molecule has 116 valence electrons. The Kier molecular flexibility index (Phi) is 4.52. The van der Waals surface area contributed by atoms with Crippen LogP contribution in [0, 0.1) is 5.82 Å². The van der Waals surface area contributed by atoms with Gasteiger partial charge in [-0.05, 0) is 36.4 Å². The second-order valence-electron chi connectivity index (χ2n) is 4.87. The molecule has 0 aliphatic rings. The number of carbonyl (C=O) groups excluding carboxylic acids is 1. The number of ketones is 1. The van der Waals surface area contributed by atoms with Gasteiger partial charge in [0.1, 0.15) is 11.5 Å². The first-order valence-corrected chi connectivity index (χ1v) is 7.66. The molecule has 0 radical (unpaired) electrons. The van der Waals surface area contributed by atoms with Crippen LogP contribution in [0.15, 0.2) is 63.6 Å². The Labute approximate surface area is 140 Å². The third-order valence-corrected chi connectivity index (χ3v) is 3.77. The van der Waals surface area contributed by atoms with Gasteiger partial charge >= 0.3 is 0 Å². The highest BCUT2D eigenvalue weighted by atomic mass is 79.9. The van der Waals surface area contributed by atoms with E-state index in [9.17, 15) is 9.18 Å². The second-order valence-corrected chi connectivity index (χ2v) is 5.78. The quantitative estimate of drug-likeness (QED) is 0.666. The number of nitrogens with zero attached hydrogens (tertiary/aromatic N) is 1. The molecule has 0 spiro atoms. The third-order valence-electron chi connectivity index (χ3n) is 3.24. The predicted octanol–water partition coefficient (Wildman–Crippen LogP) is 4.54. The summed E-state index contributed by atoms with van der Waals surface area (Å²) in [7, 11) is 0. The lowest BCUT2D eigenvalue weighted by Gasteiger charge is -2.01. The van der Waals surface area contributed by atoms with Crippen molar-refractivity contribution in [2.45, 2.75) is 0 Å². The van der Waals surface area contributed by atoms with Gasteiger partial charge in [0.2, 0.25) is 5.88 Å². The van der Waals surface area contributed by atoms with Crippen LogP contribution in [0.4, 0.5) is 10.3 Å². The van der Waals surface area contributed by atoms with Crippen LogP contribution >= 0.6 is 15.9 Å². The van der Waals surface area contributed by atoms with Crippen LogP contribution in [0.3, 0.4) is 0 Å². The summed E-state index contributed by atoms with van der Waals surface area (Å²) in [6.07, 6.45) is 0. The zero-order valence-corrected chi connectivity index (χ0v) is 13.5. The van der Waals surface area contributed by atoms with Crippen LogP contribution in [0.2, 0.25) is 0 Å². The fourth-order valence-electron chi connectivity index (χ4n) is 2.02. The minimum Gasteiger partial charge on any atom is -0.347 e. The Morgan fingerprint density at radius 3 is 2.52 bits per heavy atom. The van der Waals surface area contributed by atoms with E-state index >= 15 is 0 Å². The molecule has 6 heteroatoms. The van der Waals surface area contributed by atoms with E-state index < -0.39 is 0 Å². The first kappa shape index (κ1) is 15.4. The largest absolute Gasteiger partial charge is 0.347 e. The van der Waals surface area contributed by atoms with Crippen molar-refractivity contribution in [3.63, 3.8) is 0 Å². The van der Waals surface area contributed by atoms with Crippen LogP contribution in [-0.2, 0) is 0 Å². The maximum absolute atomic E-state index is 12.8. The molecule has 0 aliphatic heterocycles. The number of aromatic nitrogens is 1. The molecule has 0 atom stereocenters. The zero-order valence-electron chi connectivity index (χ0n) is 11.9. The predicted molar refractivity (Wildman–Crippen MR) is 88.9 cm³/mol. The number of Topliss-reactive ketones (excluding diaryl/α,β-unsaturated/α-hetero) is 1. The van der Waals surface area contributed by atoms with E-state index in [2.05, 4.69) is 26.4 Å². The molecule has 0 saturated carbocycles. The van der Waals surface area contributed by atoms with E-state index in [1.54, 1.807) is 6.07 Å². The molecule has 1 heterocycles. The summed E-state index contributed by atoms with van der Waals surface area (Å²) in [6.45, 7) is 0.0423.